The lowest BCUT2D eigenvalue weighted by atomic mass is 10.1. The van der Waals surface area contributed by atoms with Gasteiger partial charge in [-0.1, -0.05) is 69.8 Å². The Morgan fingerprint density at radius 1 is 0.625 bits per heavy atom. The van der Waals surface area contributed by atoms with E-state index in [2.05, 4.69) is 31.2 Å². The molecule has 0 aliphatic rings. The molecule has 0 spiro atoms. The second-order valence-corrected chi connectivity index (χ2v) is 6.78. The van der Waals surface area contributed by atoms with Crippen molar-refractivity contribution in [3.05, 3.63) is 24.3 Å². The maximum atomic E-state index is 10.4. The molecule has 0 fully saturated rings. The lowest BCUT2D eigenvalue weighted by Gasteiger charge is -1.98. The molecule has 0 aliphatic carbocycles. The third-order valence-corrected chi connectivity index (χ3v) is 4.31. The summed E-state index contributed by atoms with van der Waals surface area (Å²) in [6.45, 7) is 2.27. The molecule has 0 aromatic carbocycles. The van der Waals surface area contributed by atoms with Crippen LogP contribution in [-0.2, 0) is 4.79 Å². The molecule has 0 unspecified atom stereocenters. The molecular formula is C22H40O2. The third-order valence-electron chi connectivity index (χ3n) is 4.31. The fourth-order valence-electron chi connectivity index (χ4n) is 2.75. The van der Waals surface area contributed by atoms with Gasteiger partial charge in [-0.25, -0.2) is 0 Å². The highest BCUT2D eigenvalue weighted by atomic mass is 16.4. The summed E-state index contributed by atoms with van der Waals surface area (Å²) in [4.78, 5) is 10.4. The maximum absolute atomic E-state index is 10.4. The Morgan fingerprint density at radius 3 is 1.46 bits per heavy atom. The van der Waals surface area contributed by atoms with E-state index >= 15 is 0 Å². The van der Waals surface area contributed by atoms with Gasteiger partial charge >= 0.3 is 5.97 Å². The van der Waals surface area contributed by atoms with Crippen LogP contribution in [0, 0.1) is 0 Å². The first-order valence-corrected chi connectivity index (χ1v) is 10.3. The van der Waals surface area contributed by atoms with Crippen molar-refractivity contribution in [3.63, 3.8) is 0 Å². The van der Waals surface area contributed by atoms with Crippen LogP contribution in [0.2, 0.25) is 0 Å². The molecule has 0 radical (unpaired) electrons. The maximum Gasteiger partial charge on any atom is 0.303 e. The van der Waals surface area contributed by atoms with Crippen LogP contribution in [0.15, 0.2) is 24.3 Å². The van der Waals surface area contributed by atoms with Gasteiger partial charge < -0.3 is 5.11 Å². The Hall–Kier alpha value is -1.05. The first kappa shape index (κ1) is 22.9. The van der Waals surface area contributed by atoms with Crippen LogP contribution in [0.5, 0.6) is 0 Å². The van der Waals surface area contributed by atoms with Gasteiger partial charge in [-0.15, -0.1) is 0 Å². The molecule has 0 amide bonds. The highest BCUT2D eigenvalue weighted by Gasteiger charge is 1.95. The second-order valence-electron chi connectivity index (χ2n) is 6.78. The molecule has 24 heavy (non-hydrogen) atoms. The number of rotatable bonds is 18. The molecule has 1 N–H and O–H groups in total. The van der Waals surface area contributed by atoms with Crippen molar-refractivity contribution in [2.45, 2.75) is 110 Å². The normalized spacial score (nSPS) is 11.7. The van der Waals surface area contributed by atoms with Gasteiger partial charge in [-0.2, -0.15) is 0 Å². The number of hydrogen-bond donors (Lipinski definition) is 1. The number of allylic oxidation sites excluding steroid dienone is 4. The largest absolute Gasteiger partial charge is 0.481 e. The van der Waals surface area contributed by atoms with Gasteiger partial charge in [0.15, 0.2) is 0 Å². The Labute approximate surface area is 150 Å². The summed E-state index contributed by atoms with van der Waals surface area (Å²) in [5.41, 5.74) is 0. The predicted molar refractivity (Wildman–Crippen MR) is 105 cm³/mol. The van der Waals surface area contributed by atoms with Crippen LogP contribution in [0.25, 0.3) is 0 Å². The van der Waals surface area contributed by atoms with Crippen LogP contribution in [-0.4, -0.2) is 11.1 Å². The summed E-state index contributed by atoms with van der Waals surface area (Å²) in [6.07, 6.45) is 28.2. The first-order chi connectivity index (χ1) is 11.8. The van der Waals surface area contributed by atoms with E-state index in [1.807, 2.05) is 0 Å². The molecular weight excluding hydrogens is 296 g/mol. The van der Waals surface area contributed by atoms with Gasteiger partial charge in [-0.3, -0.25) is 4.79 Å². The van der Waals surface area contributed by atoms with Crippen molar-refractivity contribution in [1.29, 1.82) is 0 Å². The Morgan fingerprint density at radius 2 is 1.00 bits per heavy atom. The Kier molecular flexibility index (Phi) is 19.1. The van der Waals surface area contributed by atoms with Crippen LogP contribution >= 0.6 is 0 Å². The summed E-state index contributed by atoms with van der Waals surface area (Å²) in [5, 5.41) is 8.54. The van der Waals surface area contributed by atoms with Gasteiger partial charge in [-0.05, 0) is 57.8 Å². The molecule has 0 aromatic heterocycles. The molecule has 2 heteroatoms. The molecule has 0 heterocycles. The van der Waals surface area contributed by atoms with E-state index in [4.69, 9.17) is 5.11 Å². The molecule has 0 aliphatic heterocycles. The molecule has 140 valence electrons. The fourth-order valence-corrected chi connectivity index (χ4v) is 2.75. The standard InChI is InChI=1S/C22H40O2/c1-2-3-4-5-6-7-8-9-10-11-12-13-14-15-16-17-18-19-20-21-22(23)24/h9-10,15-16H,2-8,11-14,17-21H2,1H3,(H,23,24)/b10-9+,16-15+. The van der Waals surface area contributed by atoms with Crippen molar-refractivity contribution < 1.29 is 9.90 Å². The van der Waals surface area contributed by atoms with Gasteiger partial charge in [0.25, 0.3) is 0 Å². The van der Waals surface area contributed by atoms with Crippen LogP contribution in [0.3, 0.4) is 0 Å². The Balaban J connectivity index is 3.17. The van der Waals surface area contributed by atoms with Gasteiger partial charge in [0.2, 0.25) is 0 Å². The quantitative estimate of drug-likeness (QED) is 0.208. The molecule has 2 nitrogen and oxygen atoms in total. The number of aliphatic carboxylic acids is 1. The van der Waals surface area contributed by atoms with Gasteiger partial charge in [0.05, 0.1) is 0 Å². The number of carboxylic acid groups (broad SMARTS) is 1. The van der Waals surface area contributed by atoms with E-state index in [-0.39, 0.29) is 0 Å². The van der Waals surface area contributed by atoms with Crippen molar-refractivity contribution in [1.82, 2.24) is 0 Å². The topological polar surface area (TPSA) is 37.3 Å². The molecule has 0 saturated heterocycles. The van der Waals surface area contributed by atoms with E-state index in [9.17, 15) is 4.79 Å². The predicted octanol–water partition coefficient (Wildman–Crippen LogP) is 7.44. The van der Waals surface area contributed by atoms with Crippen molar-refractivity contribution >= 4 is 5.97 Å². The minimum Gasteiger partial charge on any atom is -0.481 e. The number of hydrogen-bond acceptors (Lipinski definition) is 1. The average molecular weight is 337 g/mol. The third kappa shape index (κ3) is 20.9. The molecule has 0 atom stereocenters. The van der Waals surface area contributed by atoms with Crippen molar-refractivity contribution in [2.24, 2.45) is 0 Å². The lowest BCUT2D eigenvalue weighted by molar-refractivity contribution is -0.137. The minimum absolute atomic E-state index is 0.316. The smallest absolute Gasteiger partial charge is 0.303 e. The van der Waals surface area contributed by atoms with E-state index in [1.54, 1.807) is 0 Å². The minimum atomic E-state index is -0.674. The summed E-state index contributed by atoms with van der Waals surface area (Å²) >= 11 is 0. The van der Waals surface area contributed by atoms with Crippen LogP contribution in [0.1, 0.15) is 110 Å². The van der Waals surface area contributed by atoms with Crippen molar-refractivity contribution in [3.8, 4) is 0 Å². The molecule has 0 saturated carbocycles. The summed E-state index contributed by atoms with van der Waals surface area (Å²) in [6, 6.07) is 0. The lowest BCUT2D eigenvalue weighted by Crippen LogP contribution is -1.93. The summed E-state index contributed by atoms with van der Waals surface area (Å²) in [7, 11) is 0. The zero-order valence-electron chi connectivity index (χ0n) is 16.0. The van der Waals surface area contributed by atoms with Gasteiger partial charge in [0, 0.05) is 6.42 Å². The summed E-state index contributed by atoms with van der Waals surface area (Å²) < 4.78 is 0. The summed E-state index contributed by atoms with van der Waals surface area (Å²) in [5.74, 6) is -0.674. The first-order valence-electron chi connectivity index (χ1n) is 10.3. The van der Waals surface area contributed by atoms with E-state index in [1.165, 1.54) is 70.6 Å². The second kappa shape index (κ2) is 20.0. The fraction of sp³-hybridized carbons (Fsp3) is 0.773. The molecule has 0 bridgehead atoms. The average Bonchev–Trinajstić information content (AvgIpc) is 2.56. The molecule has 0 aromatic rings. The number of carboxylic acids is 1. The van der Waals surface area contributed by atoms with E-state index in [0.717, 1.165) is 25.7 Å². The zero-order chi connectivity index (χ0) is 17.7. The number of unbranched alkanes of at least 4 members (excludes halogenated alkanes) is 12. The van der Waals surface area contributed by atoms with E-state index < -0.39 is 5.97 Å². The SMILES string of the molecule is CCCCCCCC/C=C/CCCC/C=C/CCCCCC(=O)O. The Bertz CT molecular complexity index is 318. The number of carbonyl (C=O) groups is 1. The molecule has 0 rings (SSSR count). The van der Waals surface area contributed by atoms with Gasteiger partial charge in [0.1, 0.15) is 0 Å². The monoisotopic (exact) mass is 336 g/mol. The highest BCUT2D eigenvalue weighted by molar-refractivity contribution is 5.66. The highest BCUT2D eigenvalue weighted by Crippen LogP contribution is 2.09. The van der Waals surface area contributed by atoms with Crippen LogP contribution < -0.4 is 0 Å². The van der Waals surface area contributed by atoms with Crippen molar-refractivity contribution in [2.75, 3.05) is 0 Å². The van der Waals surface area contributed by atoms with Crippen LogP contribution in [0.4, 0.5) is 0 Å². The van der Waals surface area contributed by atoms with E-state index in [0.29, 0.717) is 6.42 Å². The zero-order valence-corrected chi connectivity index (χ0v) is 16.0.